The predicted molar refractivity (Wildman–Crippen MR) is 68.4 cm³/mol. The van der Waals surface area contributed by atoms with Crippen molar-refractivity contribution in [2.75, 3.05) is 53.5 Å². The van der Waals surface area contributed by atoms with Gasteiger partial charge >= 0.3 is 5.97 Å². The van der Waals surface area contributed by atoms with E-state index >= 15 is 0 Å². The first kappa shape index (κ1) is 16.3. The summed E-state index contributed by atoms with van der Waals surface area (Å²) in [4.78, 5) is 15.4. The second-order valence-corrected chi connectivity index (χ2v) is 4.29. The molecule has 4 N–H and O–H groups in total. The Balaban J connectivity index is 3.89. The lowest BCUT2D eigenvalue weighted by molar-refractivity contribution is -0.148. The predicted octanol–water partition coefficient (Wildman–Crippen LogP) is -0.952. The highest BCUT2D eigenvalue weighted by Crippen LogP contribution is 1.95. The fraction of sp³-hybridized carbons (Fsp3) is 0.909. The van der Waals surface area contributed by atoms with Crippen molar-refractivity contribution in [1.82, 2.24) is 9.80 Å². The summed E-state index contributed by atoms with van der Waals surface area (Å²) in [5.74, 6) is -0.201. The van der Waals surface area contributed by atoms with Gasteiger partial charge in [0.25, 0.3) is 0 Å². The van der Waals surface area contributed by atoms with Gasteiger partial charge in [-0.1, -0.05) is 0 Å². The molecule has 0 aliphatic rings. The number of ether oxygens (including phenoxy) is 1. The van der Waals surface area contributed by atoms with Gasteiger partial charge < -0.3 is 16.2 Å². The van der Waals surface area contributed by atoms with E-state index < -0.39 is 0 Å². The van der Waals surface area contributed by atoms with Crippen LogP contribution < -0.4 is 11.5 Å². The van der Waals surface area contributed by atoms with Crippen molar-refractivity contribution in [2.45, 2.75) is 12.8 Å². The number of hydrogen-bond donors (Lipinski definition) is 2. The fourth-order valence-corrected chi connectivity index (χ4v) is 1.33. The monoisotopic (exact) mass is 246 g/mol. The molecule has 0 saturated carbocycles. The lowest BCUT2D eigenvalue weighted by atomic mass is 10.3. The molecule has 6 heteroatoms. The quantitative estimate of drug-likeness (QED) is 0.382. The van der Waals surface area contributed by atoms with Gasteiger partial charge in [-0.05, 0) is 53.1 Å². The maximum atomic E-state index is 11.5. The average Bonchev–Trinajstić information content (AvgIpc) is 2.30. The summed E-state index contributed by atoms with van der Waals surface area (Å²) in [6.45, 7) is 3.52. The minimum absolute atomic E-state index is 0.201. The Bertz CT molecular complexity index is 192. The molecule has 102 valence electrons. The van der Waals surface area contributed by atoms with E-state index in [4.69, 9.17) is 16.2 Å². The molecule has 0 aromatic rings. The molecule has 0 radical (unpaired) electrons. The van der Waals surface area contributed by atoms with Crippen molar-refractivity contribution in [3.05, 3.63) is 0 Å². The van der Waals surface area contributed by atoms with Crippen molar-refractivity contribution < 1.29 is 9.53 Å². The smallest absolute Gasteiger partial charge is 0.321 e. The molecule has 0 aromatic heterocycles. The maximum Gasteiger partial charge on any atom is 0.321 e. The molecular formula is C11H26N4O2. The summed E-state index contributed by atoms with van der Waals surface area (Å²) < 4.78 is 5.08. The van der Waals surface area contributed by atoms with E-state index in [2.05, 4.69) is 0 Å². The van der Waals surface area contributed by atoms with E-state index in [-0.39, 0.29) is 5.97 Å². The van der Waals surface area contributed by atoms with Gasteiger partial charge in [0.05, 0.1) is 6.54 Å². The summed E-state index contributed by atoms with van der Waals surface area (Å²) >= 11 is 0. The normalized spacial score (nSPS) is 11.2. The number of carbonyl (C=O) groups excluding carboxylic acids is 1. The Morgan fingerprint density at radius 1 is 1.12 bits per heavy atom. The van der Waals surface area contributed by atoms with E-state index in [1.54, 1.807) is 0 Å². The average molecular weight is 246 g/mol. The molecular weight excluding hydrogens is 220 g/mol. The number of nitrogens with two attached hydrogens (primary N) is 2. The molecule has 0 unspecified atom stereocenters. The van der Waals surface area contributed by atoms with Crippen LogP contribution in [0.15, 0.2) is 0 Å². The highest BCUT2D eigenvalue weighted by atomic mass is 16.5. The molecule has 0 aliphatic carbocycles. The summed E-state index contributed by atoms with van der Waals surface area (Å²) in [7, 11) is 3.71. The van der Waals surface area contributed by atoms with E-state index in [9.17, 15) is 4.79 Å². The zero-order valence-corrected chi connectivity index (χ0v) is 11.0. The van der Waals surface area contributed by atoms with Crippen molar-refractivity contribution in [3.8, 4) is 0 Å². The van der Waals surface area contributed by atoms with Crippen molar-refractivity contribution >= 4 is 5.97 Å². The van der Waals surface area contributed by atoms with Crippen molar-refractivity contribution in [2.24, 2.45) is 11.5 Å². The summed E-state index contributed by atoms with van der Waals surface area (Å²) in [6.07, 6.45) is 1.76. The molecule has 0 amide bonds. The van der Waals surface area contributed by atoms with E-state index in [1.807, 2.05) is 23.9 Å². The molecule has 6 nitrogen and oxygen atoms in total. The van der Waals surface area contributed by atoms with Crippen LogP contribution in [0.2, 0.25) is 0 Å². The lowest BCUT2D eigenvalue weighted by Gasteiger charge is -2.21. The zero-order valence-electron chi connectivity index (χ0n) is 11.0. The first-order chi connectivity index (χ1) is 8.10. The van der Waals surface area contributed by atoms with Gasteiger partial charge in [0, 0.05) is 0 Å². The van der Waals surface area contributed by atoms with Crippen molar-refractivity contribution in [3.63, 3.8) is 0 Å². The molecule has 0 bridgehead atoms. The number of hydrogen-bond acceptors (Lipinski definition) is 6. The SMILES string of the molecule is CN(C)COC(=O)CN(CCCN)CCCN. The summed E-state index contributed by atoms with van der Waals surface area (Å²) in [5, 5.41) is 0. The van der Waals surface area contributed by atoms with Crippen LogP contribution in [0.25, 0.3) is 0 Å². The van der Waals surface area contributed by atoms with Crippen LogP contribution in [0.5, 0.6) is 0 Å². The molecule has 0 atom stereocenters. The van der Waals surface area contributed by atoms with Gasteiger partial charge in [0.2, 0.25) is 0 Å². The van der Waals surface area contributed by atoms with Crippen LogP contribution in [0.3, 0.4) is 0 Å². The molecule has 0 spiro atoms. The highest BCUT2D eigenvalue weighted by Gasteiger charge is 2.11. The molecule has 0 aromatic carbocycles. The van der Waals surface area contributed by atoms with Gasteiger partial charge in [-0.15, -0.1) is 0 Å². The van der Waals surface area contributed by atoms with Gasteiger partial charge in [-0.3, -0.25) is 14.6 Å². The maximum absolute atomic E-state index is 11.5. The van der Waals surface area contributed by atoms with Crippen LogP contribution in [-0.4, -0.2) is 69.3 Å². The zero-order chi connectivity index (χ0) is 13.1. The fourth-order valence-electron chi connectivity index (χ4n) is 1.33. The summed E-state index contributed by atoms with van der Waals surface area (Å²) in [6, 6.07) is 0. The Hall–Kier alpha value is -0.690. The molecule has 0 aliphatic heterocycles. The van der Waals surface area contributed by atoms with E-state index in [0.29, 0.717) is 26.4 Å². The molecule has 17 heavy (non-hydrogen) atoms. The number of rotatable bonds is 10. The van der Waals surface area contributed by atoms with Crippen LogP contribution >= 0.6 is 0 Å². The Labute approximate surface area is 104 Å². The van der Waals surface area contributed by atoms with Crippen LogP contribution in [0.1, 0.15) is 12.8 Å². The Kier molecular flexibility index (Phi) is 10.0. The molecule has 0 heterocycles. The van der Waals surface area contributed by atoms with E-state index in [0.717, 1.165) is 25.9 Å². The number of nitrogens with zero attached hydrogens (tertiary/aromatic N) is 2. The second kappa shape index (κ2) is 10.5. The number of carbonyl (C=O) groups is 1. The third-order valence-corrected chi connectivity index (χ3v) is 2.19. The molecule has 0 saturated heterocycles. The first-order valence-electron chi connectivity index (χ1n) is 6.03. The molecule has 0 fully saturated rings. The van der Waals surface area contributed by atoms with Gasteiger partial charge in [0.15, 0.2) is 0 Å². The Morgan fingerprint density at radius 2 is 1.65 bits per heavy atom. The largest absolute Gasteiger partial charge is 0.449 e. The van der Waals surface area contributed by atoms with Crippen LogP contribution in [-0.2, 0) is 9.53 Å². The minimum Gasteiger partial charge on any atom is -0.449 e. The summed E-state index contributed by atoms with van der Waals surface area (Å²) in [5.41, 5.74) is 10.9. The molecule has 0 rings (SSSR count). The second-order valence-electron chi connectivity index (χ2n) is 4.29. The van der Waals surface area contributed by atoms with Crippen LogP contribution in [0, 0.1) is 0 Å². The first-order valence-corrected chi connectivity index (χ1v) is 6.03. The Morgan fingerprint density at radius 3 is 2.06 bits per heavy atom. The lowest BCUT2D eigenvalue weighted by Crippen LogP contribution is -2.35. The third kappa shape index (κ3) is 10.2. The highest BCUT2D eigenvalue weighted by molar-refractivity contribution is 5.71. The topological polar surface area (TPSA) is 84.8 Å². The van der Waals surface area contributed by atoms with Crippen molar-refractivity contribution in [1.29, 1.82) is 0 Å². The standard InChI is InChI=1S/C11H26N4O2/c1-14(2)10-17-11(16)9-15(7-3-5-12)8-4-6-13/h3-10,12-13H2,1-2H3. The van der Waals surface area contributed by atoms with Gasteiger partial charge in [-0.2, -0.15) is 0 Å². The third-order valence-electron chi connectivity index (χ3n) is 2.19. The van der Waals surface area contributed by atoms with Crippen LogP contribution in [0.4, 0.5) is 0 Å². The number of esters is 1. The van der Waals surface area contributed by atoms with E-state index in [1.165, 1.54) is 0 Å². The van der Waals surface area contributed by atoms with Gasteiger partial charge in [-0.25, -0.2) is 0 Å². The minimum atomic E-state index is -0.201. The van der Waals surface area contributed by atoms with Gasteiger partial charge in [0.1, 0.15) is 6.73 Å².